The van der Waals surface area contributed by atoms with E-state index in [4.69, 9.17) is 0 Å². The van der Waals surface area contributed by atoms with Gasteiger partial charge in [-0.1, -0.05) is 238 Å². The molecule has 0 saturated heterocycles. The van der Waals surface area contributed by atoms with E-state index in [2.05, 4.69) is 238 Å². The lowest BCUT2D eigenvalue weighted by atomic mass is 9.67. The van der Waals surface area contributed by atoms with Gasteiger partial charge in [-0.2, -0.15) is 0 Å². The van der Waals surface area contributed by atoms with Crippen LogP contribution < -0.4 is 0 Å². The van der Waals surface area contributed by atoms with Gasteiger partial charge in [0.15, 0.2) is 0 Å². The predicted molar refractivity (Wildman–Crippen MR) is 246 cm³/mol. The Morgan fingerprint density at radius 1 is 0.288 bits per heavy atom. The molecule has 2 aliphatic rings. The SMILES string of the molecule is CC1(C)c2ccccc2-c2ccc(C(c3ccc(-c4ccc(-c5ccccc5)cc4)cc3)c3ccc4c(c3)C(c3ccccc3)(c3ccccc3)c3ccccc3-4)cc21. The number of fused-ring (bicyclic) bond motifs is 6. The molecule has 0 aliphatic heterocycles. The summed E-state index contributed by atoms with van der Waals surface area (Å²) in [4.78, 5) is 0. The zero-order chi connectivity index (χ0) is 39.6. The summed E-state index contributed by atoms with van der Waals surface area (Å²) in [5, 5.41) is 0. The standard InChI is InChI=1S/C59H44/c1-58(2)53-24-14-12-22-49(53)51-36-34-45(38-55(51)58)57(44-32-30-43(31-33-44)42-28-26-41(27-29-42)40-16-6-3-7-17-40)46-35-37-52-50-23-13-15-25-54(50)59(56(52)39-46,47-18-8-4-9-19-47)48-20-10-5-11-21-48/h3-39,57H,1-2H3. The Labute approximate surface area is 348 Å². The molecule has 0 heterocycles. The molecule has 2 aliphatic carbocycles. The molecule has 0 bridgehead atoms. The number of benzene rings is 9. The number of hydrogen-bond donors (Lipinski definition) is 0. The maximum Gasteiger partial charge on any atom is 0.0713 e. The summed E-state index contributed by atoms with van der Waals surface area (Å²) >= 11 is 0. The van der Waals surface area contributed by atoms with Crippen molar-refractivity contribution < 1.29 is 0 Å². The highest BCUT2D eigenvalue weighted by Gasteiger charge is 2.46. The first kappa shape index (κ1) is 35.2. The monoisotopic (exact) mass is 752 g/mol. The minimum atomic E-state index is -0.466. The highest BCUT2D eigenvalue weighted by atomic mass is 14.5. The van der Waals surface area contributed by atoms with Crippen LogP contribution in [0.25, 0.3) is 44.5 Å². The van der Waals surface area contributed by atoms with Crippen LogP contribution in [0.2, 0.25) is 0 Å². The molecule has 0 radical (unpaired) electrons. The Morgan fingerprint density at radius 3 is 1.22 bits per heavy atom. The summed E-state index contributed by atoms with van der Waals surface area (Å²) in [5.74, 6) is 0.00702. The van der Waals surface area contributed by atoms with E-state index in [9.17, 15) is 0 Å². The fourth-order valence-corrected chi connectivity index (χ4v) is 10.5. The topological polar surface area (TPSA) is 0 Å². The molecular formula is C59H44. The smallest absolute Gasteiger partial charge is 0.0622 e. The summed E-state index contributed by atoms with van der Waals surface area (Å²) < 4.78 is 0. The molecule has 9 aromatic rings. The first-order chi connectivity index (χ1) is 29.0. The summed E-state index contributed by atoms with van der Waals surface area (Å²) in [6.45, 7) is 4.77. The third kappa shape index (κ3) is 5.51. The third-order valence-corrected chi connectivity index (χ3v) is 13.3. The van der Waals surface area contributed by atoms with Crippen LogP contribution in [-0.4, -0.2) is 0 Å². The predicted octanol–water partition coefficient (Wildman–Crippen LogP) is 14.9. The van der Waals surface area contributed by atoms with E-state index >= 15 is 0 Å². The Kier molecular flexibility index (Phi) is 8.24. The van der Waals surface area contributed by atoms with Crippen LogP contribution in [0.5, 0.6) is 0 Å². The molecule has 0 saturated carbocycles. The normalized spacial score (nSPS) is 14.5. The van der Waals surface area contributed by atoms with Crippen molar-refractivity contribution in [2.45, 2.75) is 30.6 Å². The van der Waals surface area contributed by atoms with Crippen molar-refractivity contribution >= 4 is 0 Å². The van der Waals surface area contributed by atoms with Gasteiger partial charge in [-0.05, 0) is 94.6 Å². The number of hydrogen-bond acceptors (Lipinski definition) is 0. The zero-order valence-electron chi connectivity index (χ0n) is 33.4. The van der Waals surface area contributed by atoms with E-state index < -0.39 is 5.41 Å². The van der Waals surface area contributed by atoms with Crippen molar-refractivity contribution in [3.05, 3.63) is 275 Å². The van der Waals surface area contributed by atoms with Crippen molar-refractivity contribution in [2.24, 2.45) is 0 Å². The highest BCUT2D eigenvalue weighted by molar-refractivity contribution is 5.87. The van der Waals surface area contributed by atoms with E-state index in [1.807, 2.05) is 0 Å². The zero-order valence-corrected chi connectivity index (χ0v) is 33.4. The number of rotatable bonds is 7. The van der Waals surface area contributed by atoms with Gasteiger partial charge in [0.25, 0.3) is 0 Å². The van der Waals surface area contributed by atoms with Crippen molar-refractivity contribution in [1.29, 1.82) is 0 Å². The minimum Gasteiger partial charge on any atom is -0.0622 e. The molecule has 9 aromatic carbocycles. The summed E-state index contributed by atoms with van der Waals surface area (Å²) in [7, 11) is 0. The van der Waals surface area contributed by atoms with Gasteiger partial charge in [-0.25, -0.2) is 0 Å². The molecule has 0 N–H and O–H groups in total. The molecule has 11 rings (SSSR count). The third-order valence-electron chi connectivity index (χ3n) is 13.3. The summed E-state index contributed by atoms with van der Waals surface area (Å²) in [5.41, 5.74) is 21.6. The average molecular weight is 753 g/mol. The summed E-state index contributed by atoms with van der Waals surface area (Å²) in [6.07, 6.45) is 0. The maximum absolute atomic E-state index is 2.54. The minimum absolute atomic E-state index is 0.00702. The lowest BCUT2D eigenvalue weighted by molar-refractivity contribution is 0.659. The van der Waals surface area contributed by atoms with Crippen molar-refractivity contribution in [3.8, 4) is 44.5 Å². The molecule has 0 aromatic heterocycles. The molecule has 1 atom stereocenters. The molecule has 1 unspecified atom stereocenters. The quantitative estimate of drug-likeness (QED) is 0.142. The van der Waals surface area contributed by atoms with E-state index in [0.29, 0.717) is 0 Å². The van der Waals surface area contributed by atoms with E-state index in [1.54, 1.807) is 0 Å². The van der Waals surface area contributed by atoms with Gasteiger partial charge in [0.2, 0.25) is 0 Å². The van der Waals surface area contributed by atoms with E-state index in [0.717, 1.165) is 0 Å². The summed E-state index contributed by atoms with van der Waals surface area (Å²) in [6, 6.07) is 83.8. The molecule has 59 heavy (non-hydrogen) atoms. The van der Waals surface area contributed by atoms with Crippen molar-refractivity contribution in [3.63, 3.8) is 0 Å². The van der Waals surface area contributed by atoms with Gasteiger partial charge in [0.1, 0.15) is 0 Å². The lowest BCUT2D eigenvalue weighted by Gasteiger charge is -2.34. The highest BCUT2D eigenvalue weighted by Crippen LogP contribution is 2.57. The second-order valence-electron chi connectivity index (χ2n) is 16.8. The van der Waals surface area contributed by atoms with Crippen molar-refractivity contribution in [2.75, 3.05) is 0 Å². The van der Waals surface area contributed by atoms with Gasteiger partial charge in [0, 0.05) is 11.3 Å². The fourth-order valence-electron chi connectivity index (χ4n) is 10.5. The first-order valence-corrected chi connectivity index (χ1v) is 20.9. The molecular weight excluding hydrogens is 709 g/mol. The Bertz CT molecular complexity index is 2930. The molecule has 0 heteroatoms. The molecule has 0 spiro atoms. The molecule has 0 amide bonds. The second kappa shape index (κ2) is 13.8. The van der Waals surface area contributed by atoms with Gasteiger partial charge in [-0.15, -0.1) is 0 Å². The van der Waals surface area contributed by atoms with Crippen LogP contribution in [0.15, 0.2) is 224 Å². The van der Waals surface area contributed by atoms with Crippen LogP contribution in [0.3, 0.4) is 0 Å². The van der Waals surface area contributed by atoms with E-state index in [1.165, 1.54) is 94.6 Å². The second-order valence-corrected chi connectivity index (χ2v) is 16.8. The lowest BCUT2D eigenvalue weighted by Crippen LogP contribution is -2.28. The van der Waals surface area contributed by atoms with Crippen LogP contribution in [-0.2, 0) is 10.8 Å². The molecule has 0 nitrogen and oxygen atoms in total. The maximum atomic E-state index is 2.54. The Hall–Kier alpha value is -7.02. The van der Waals surface area contributed by atoms with Crippen LogP contribution in [0.1, 0.15) is 69.8 Å². The van der Waals surface area contributed by atoms with Crippen LogP contribution in [0, 0.1) is 0 Å². The first-order valence-electron chi connectivity index (χ1n) is 20.9. The van der Waals surface area contributed by atoms with E-state index in [-0.39, 0.29) is 11.3 Å². The van der Waals surface area contributed by atoms with Crippen LogP contribution >= 0.6 is 0 Å². The van der Waals surface area contributed by atoms with Crippen LogP contribution in [0.4, 0.5) is 0 Å². The molecule has 0 fully saturated rings. The Morgan fingerprint density at radius 2 is 0.661 bits per heavy atom. The average Bonchev–Trinajstić information content (AvgIpc) is 3.73. The largest absolute Gasteiger partial charge is 0.0713 e. The Balaban J connectivity index is 1.09. The van der Waals surface area contributed by atoms with Gasteiger partial charge in [-0.3, -0.25) is 0 Å². The van der Waals surface area contributed by atoms with Crippen molar-refractivity contribution in [1.82, 2.24) is 0 Å². The molecule has 280 valence electrons. The van der Waals surface area contributed by atoms with Gasteiger partial charge >= 0.3 is 0 Å². The van der Waals surface area contributed by atoms with Gasteiger partial charge in [0.05, 0.1) is 5.41 Å². The fraction of sp³-hybridized carbons (Fsp3) is 0.0847. The van der Waals surface area contributed by atoms with Gasteiger partial charge < -0.3 is 0 Å².